The summed E-state index contributed by atoms with van der Waals surface area (Å²) in [7, 11) is 0. The van der Waals surface area contributed by atoms with Gasteiger partial charge in [-0.1, -0.05) is 48.0 Å². The molecule has 1 fully saturated rings. The van der Waals surface area contributed by atoms with Crippen molar-refractivity contribution < 1.29 is 13.9 Å². The molecule has 172 valence electrons. The van der Waals surface area contributed by atoms with Crippen molar-refractivity contribution in [2.24, 2.45) is 0 Å². The second kappa shape index (κ2) is 10.6. The van der Waals surface area contributed by atoms with Crippen molar-refractivity contribution in [2.45, 2.75) is 37.6 Å². The van der Waals surface area contributed by atoms with E-state index in [0.29, 0.717) is 26.2 Å². The molecule has 2 aromatic carbocycles. The molecular weight excluding hydrogens is 417 g/mol. The van der Waals surface area contributed by atoms with Gasteiger partial charge in [0.05, 0.1) is 11.7 Å². The van der Waals surface area contributed by atoms with Crippen LogP contribution in [-0.2, 0) is 16.6 Å². The van der Waals surface area contributed by atoms with Gasteiger partial charge in [0.25, 0.3) is 0 Å². The Labute approximate surface area is 194 Å². The van der Waals surface area contributed by atoms with Crippen LogP contribution in [0.15, 0.2) is 72.9 Å². The minimum atomic E-state index is -0.352. The van der Waals surface area contributed by atoms with Crippen LogP contribution in [0, 0.1) is 12.7 Å². The van der Waals surface area contributed by atoms with E-state index in [1.165, 1.54) is 11.6 Å². The smallest absolute Gasteiger partial charge is 0.315 e. The molecule has 2 N–H and O–H groups in total. The maximum atomic E-state index is 13.9. The summed E-state index contributed by atoms with van der Waals surface area (Å²) in [6.45, 7) is 3.63. The molecule has 0 bridgehead atoms. The second-order valence-corrected chi connectivity index (χ2v) is 8.73. The lowest BCUT2D eigenvalue weighted by Gasteiger charge is -2.38. The zero-order chi connectivity index (χ0) is 23.1. The molecule has 1 atom stereocenters. The van der Waals surface area contributed by atoms with Gasteiger partial charge in [0.1, 0.15) is 5.82 Å². The van der Waals surface area contributed by atoms with E-state index < -0.39 is 0 Å². The fourth-order valence-electron chi connectivity index (χ4n) is 4.38. The molecule has 2 amide bonds. The topological polar surface area (TPSA) is 63.2 Å². The first kappa shape index (κ1) is 22.9. The maximum absolute atomic E-state index is 13.9. The normalized spacial score (nSPS) is 16.1. The quantitative estimate of drug-likeness (QED) is 0.544. The number of carbonyl (C=O) groups excluding carboxylic acids is 1. The third-order valence-electron chi connectivity index (χ3n) is 6.38. The number of halogens is 1. The molecule has 33 heavy (non-hydrogen) atoms. The van der Waals surface area contributed by atoms with Crippen LogP contribution in [-0.4, -0.2) is 30.8 Å². The molecule has 3 aromatic rings. The van der Waals surface area contributed by atoms with Gasteiger partial charge in [-0.05, 0) is 61.6 Å². The molecule has 6 heteroatoms. The van der Waals surface area contributed by atoms with Crippen LogP contribution in [0.1, 0.15) is 41.3 Å². The molecule has 5 nitrogen and oxygen atoms in total. The van der Waals surface area contributed by atoms with Gasteiger partial charge in [-0.2, -0.15) is 0 Å². The Bertz CT molecular complexity index is 1050. The van der Waals surface area contributed by atoms with E-state index in [1.807, 2.05) is 24.3 Å². The first-order valence-electron chi connectivity index (χ1n) is 11.4. The summed E-state index contributed by atoms with van der Waals surface area (Å²) < 4.78 is 19.5. The van der Waals surface area contributed by atoms with Gasteiger partial charge in [0, 0.05) is 31.4 Å². The average Bonchev–Trinajstić information content (AvgIpc) is 2.85. The molecule has 1 aliphatic rings. The number of pyridine rings is 1. The Morgan fingerprint density at radius 1 is 1.09 bits per heavy atom. The van der Waals surface area contributed by atoms with Crippen LogP contribution >= 0.6 is 0 Å². The molecule has 1 aliphatic heterocycles. The van der Waals surface area contributed by atoms with E-state index in [2.05, 4.69) is 46.8 Å². The number of nitrogens with zero attached hydrogens (tertiary/aromatic N) is 1. The molecule has 1 aromatic heterocycles. The van der Waals surface area contributed by atoms with E-state index in [9.17, 15) is 9.18 Å². The van der Waals surface area contributed by atoms with Crippen LogP contribution in [0.3, 0.4) is 0 Å². The van der Waals surface area contributed by atoms with Gasteiger partial charge in [-0.15, -0.1) is 0 Å². The highest BCUT2D eigenvalue weighted by Crippen LogP contribution is 2.34. The van der Waals surface area contributed by atoms with Gasteiger partial charge in [-0.3, -0.25) is 4.98 Å². The van der Waals surface area contributed by atoms with Crippen LogP contribution in [0.25, 0.3) is 0 Å². The SMILES string of the molecule is Cc1ccc(CC(NC(=O)NCC2(c3cccc(F)c3)CCOCC2)c2ccccn2)cc1. The molecule has 1 unspecified atom stereocenters. The highest BCUT2D eigenvalue weighted by molar-refractivity contribution is 5.74. The number of nitrogens with one attached hydrogen (secondary N) is 2. The lowest BCUT2D eigenvalue weighted by Crippen LogP contribution is -2.48. The van der Waals surface area contributed by atoms with Crippen molar-refractivity contribution in [1.29, 1.82) is 0 Å². The highest BCUT2D eigenvalue weighted by atomic mass is 19.1. The monoisotopic (exact) mass is 447 g/mol. The van der Waals surface area contributed by atoms with Gasteiger partial charge < -0.3 is 15.4 Å². The second-order valence-electron chi connectivity index (χ2n) is 8.73. The number of aromatic nitrogens is 1. The van der Waals surface area contributed by atoms with Crippen molar-refractivity contribution in [3.05, 3.63) is 101 Å². The van der Waals surface area contributed by atoms with E-state index >= 15 is 0 Å². The van der Waals surface area contributed by atoms with E-state index in [0.717, 1.165) is 29.7 Å². The predicted octanol–water partition coefficient (Wildman–Crippen LogP) is 4.86. The van der Waals surface area contributed by atoms with Crippen molar-refractivity contribution in [3.63, 3.8) is 0 Å². The predicted molar refractivity (Wildman–Crippen MR) is 127 cm³/mol. The number of carbonyl (C=O) groups is 1. The van der Waals surface area contributed by atoms with Crippen LogP contribution < -0.4 is 10.6 Å². The Balaban J connectivity index is 1.47. The standard InChI is InChI=1S/C27H30FN3O2/c1-20-8-10-21(11-9-20)17-25(24-7-2-3-14-29-24)31-26(32)30-19-27(12-15-33-16-13-27)22-5-4-6-23(28)18-22/h2-11,14,18,25H,12-13,15-17,19H2,1H3,(H2,30,31,32). The number of aryl methyl sites for hydroxylation is 1. The number of ether oxygens (including phenoxy) is 1. The molecule has 1 saturated heterocycles. The Kier molecular flexibility index (Phi) is 7.35. The summed E-state index contributed by atoms with van der Waals surface area (Å²) in [5, 5.41) is 6.15. The zero-order valence-electron chi connectivity index (χ0n) is 18.9. The molecule has 0 radical (unpaired) electrons. The minimum absolute atomic E-state index is 0.264. The largest absolute Gasteiger partial charge is 0.381 e. The first-order chi connectivity index (χ1) is 16.0. The Morgan fingerprint density at radius 2 is 1.88 bits per heavy atom. The number of urea groups is 1. The lowest BCUT2D eigenvalue weighted by molar-refractivity contribution is 0.0505. The molecule has 4 rings (SSSR count). The average molecular weight is 448 g/mol. The molecular formula is C27H30FN3O2. The minimum Gasteiger partial charge on any atom is -0.381 e. The third-order valence-corrected chi connectivity index (χ3v) is 6.38. The number of hydrogen-bond donors (Lipinski definition) is 2. The van der Waals surface area contributed by atoms with Gasteiger partial charge >= 0.3 is 6.03 Å². The molecule has 2 heterocycles. The number of benzene rings is 2. The molecule has 0 aliphatic carbocycles. The first-order valence-corrected chi connectivity index (χ1v) is 11.4. The van der Waals surface area contributed by atoms with Crippen LogP contribution in [0.4, 0.5) is 9.18 Å². The zero-order valence-corrected chi connectivity index (χ0v) is 18.9. The Morgan fingerprint density at radius 3 is 2.58 bits per heavy atom. The molecule has 0 spiro atoms. The Hall–Kier alpha value is -3.25. The van der Waals surface area contributed by atoms with Crippen molar-refractivity contribution in [2.75, 3.05) is 19.8 Å². The summed E-state index contributed by atoms with van der Waals surface area (Å²) >= 11 is 0. The summed E-state index contributed by atoms with van der Waals surface area (Å²) in [6, 6.07) is 20.1. The van der Waals surface area contributed by atoms with Gasteiger partial charge in [0.2, 0.25) is 0 Å². The maximum Gasteiger partial charge on any atom is 0.315 e. The third kappa shape index (κ3) is 5.96. The number of amides is 2. The molecule has 0 saturated carbocycles. The summed E-state index contributed by atoms with van der Waals surface area (Å²) in [5.41, 5.74) is 3.66. The fourth-order valence-corrected chi connectivity index (χ4v) is 4.38. The van der Waals surface area contributed by atoms with Gasteiger partial charge in [0.15, 0.2) is 0 Å². The van der Waals surface area contributed by atoms with E-state index in [1.54, 1.807) is 18.3 Å². The number of rotatable bonds is 7. The van der Waals surface area contributed by atoms with E-state index in [-0.39, 0.29) is 23.3 Å². The highest BCUT2D eigenvalue weighted by Gasteiger charge is 2.35. The summed E-state index contributed by atoms with van der Waals surface area (Å²) in [5.74, 6) is -0.267. The van der Waals surface area contributed by atoms with Crippen LogP contribution in [0.2, 0.25) is 0 Å². The summed E-state index contributed by atoms with van der Waals surface area (Å²) in [4.78, 5) is 17.5. The van der Waals surface area contributed by atoms with Crippen LogP contribution in [0.5, 0.6) is 0 Å². The van der Waals surface area contributed by atoms with Crippen molar-refractivity contribution in [1.82, 2.24) is 15.6 Å². The fraction of sp³-hybridized carbons (Fsp3) is 0.333. The lowest BCUT2D eigenvalue weighted by atomic mass is 9.74. The number of hydrogen-bond acceptors (Lipinski definition) is 3. The van der Waals surface area contributed by atoms with Crippen molar-refractivity contribution in [3.8, 4) is 0 Å². The van der Waals surface area contributed by atoms with Gasteiger partial charge in [-0.25, -0.2) is 9.18 Å². The van der Waals surface area contributed by atoms with E-state index in [4.69, 9.17) is 4.74 Å². The van der Waals surface area contributed by atoms with Crippen molar-refractivity contribution >= 4 is 6.03 Å². The summed E-state index contributed by atoms with van der Waals surface area (Å²) in [6.07, 6.45) is 3.82.